The maximum absolute atomic E-state index is 12.7. The minimum absolute atomic E-state index is 0.135. The molecule has 0 saturated carbocycles. The summed E-state index contributed by atoms with van der Waals surface area (Å²) in [5, 5.41) is 7.53. The topological polar surface area (TPSA) is 106 Å². The van der Waals surface area contributed by atoms with Crippen molar-refractivity contribution >= 4 is 11.7 Å². The van der Waals surface area contributed by atoms with E-state index in [0.717, 1.165) is 42.6 Å². The summed E-state index contributed by atoms with van der Waals surface area (Å²) in [5.74, 6) is 0.487. The molecular formula is C21H24N6O2. The number of fused-ring (bicyclic) bond motifs is 1. The number of hydrogen-bond acceptors (Lipinski definition) is 5. The molecule has 0 unspecified atom stereocenters. The molecule has 0 aliphatic heterocycles. The Morgan fingerprint density at radius 2 is 1.90 bits per heavy atom. The molecule has 0 atom stereocenters. The van der Waals surface area contributed by atoms with Crippen LogP contribution in [0.2, 0.25) is 0 Å². The summed E-state index contributed by atoms with van der Waals surface area (Å²) in [5.41, 5.74) is 2.46. The normalized spacial score (nSPS) is 13.8. The summed E-state index contributed by atoms with van der Waals surface area (Å²) < 4.78 is 1.51. The van der Waals surface area contributed by atoms with E-state index >= 15 is 0 Å². The first-order chi connectivity index (χ1) is 13.8. The van der Waals surface area contributed by atoms with Gasteiger partial charge in [0, 0.05) is 35.0 Å². The standard InChI is InChI=1S/C21H24N6O2/c1-21(2,3)16-12-17(24-18(28)13-8-10-22-11-9-13)27(26-16)20-23-15-7-5-4-6-14(15)19(29)25-20/h8-12H,4-7H2,1-3H3,(H,24,28)(H,23,25,29). The Bertz CT molecular complexity index is 1110. The van der Waals surface area contributed by atoms with Crippen LogP contribution in [0.3, 0.4) is 0 Å². The Kier molecular flexibility index (Phi) is 4.77. The molecule has 4 rings (SSSR count). The van der Waals surface area contributed by atoms with Gasteiger partial charge in [-0.25, -0.2) is 4.98 Å². The highest BCUT2D eigenvalue weighted by molar-refractivity contribution is 6.03. The summed E-state index contributed by atoms with van der Waals surface area (Å²) in [6.45, 7) is 6.12. The predicted octanol–water partition coefficient (Wildman–Crippen LogP) is 2.78. The Balaban J connectivity index is 1.78. The molecule has 8 nitrogen and oxygen atoms in total. The van der Waals surface area contributed by atoms with Gasteiger partial charge in [0.05, 0.1) is 11.4 Å². The first-order valence-electron chi connectivity index (χ1n) is 9.77. The third-order valence-electron chi connectivity index (χ3n) is 5.04. The third kappa shape index (κ3) is 3.83. The highest BCUT2D eigenvalue weighted by Gasteiger charge is 2.24. The summed E-state index contributed by atoms with van der Waals surface area (Å²) in [6.07, 6.45) is 6.67. The molecule has 0 radical (unpaired) electrons. The molecule has 3 aromatic rings. The van der Waals surface area contributed by atoms with Crippen LogP contribution in [0.25, 0.3) is 5.95 Å². The molecule has 150 valence electrons. The van der Waals surface area contributed by atoms with Gasteiger partial charge in [0.2, 0.25) is 5.95 Å². The number of aryl methyl sites for hydroxylation is 1. The number of nitrogens with one attached hydrogen (secondary N) is 2. The first-order valence-corrected chi connectivity index (χ1v) is 9.77. The Labute approximate surface area is 168 Å². The molecule has 1 amide bonds. The van der Waals surface area contributed by atoms with E-state index < -0.39 is 0 Å². The highest BCUT2D eigenvalue weighted by Crippen LogP contribution is 2.26. The van der Waals surface area contributed by atoms with E-state index in [-0.39, 0.29) is 16.9 Å². The fourth-order valence-corrected chi connectivity index (χ4v) is 3.38. The number of carbonyl (C=O) groups is 1. The van der Waals surface area contributed by atoms with Crippen LogP contribution in [0, 0.1) is 0 Å². The van der Waals surface area contributed by atoms with E-state index in [0.29, 0.717) is 17.3 Å². The second-order valence-electron chi connectivity index (χ2n) is 8.29. The highest BCUT2D eigenvalue weighted by atomic mass is 16.2. The van der Waals surface area contributed by atoms with Crippen molar-refractivity contribution in [2.75, 3.05) is 5.32 Å². The second-order valence-corrected chi connectivity index (χ2v) is 8.29. The number of anilines is 1. The van der Waals surface area contributed by atoms with Crippen LogP contribution in [-0.4, -0.2) is 30.6 Å². The van der Waals surface area contributed by atoms with Crippen LogP contribution in [0.15, 0.2) is 35.4 Å². The fourth-order valence-electron chi connectivity index (χ4n) is 3.38. The van der Waals surface area contributed by atoms with Crippen molar-refractivity contribution in [1.82, 2.24) is 24.7 Å². The number of rotatable bonds is 3. The number of aromatic amines is 1. The van der Waals surface area contributed by atoms with Gasteiger partial charge in [0.1, 0.15) is 5.82 Å². The zero-order valence-corrected chi connectivity index (χ0v) is 16.8. The van der Waals surface area contributed by atoms with Gasteiger partial charge in [0.25, 0.3) is 11.5 Å². The molecule has 3 aromatic heterocycles. The number of amides is 1. The number of aromatic nitrogens is 5. The van der Waals surface area contributed by atoms with Crippen molar-refractivity contribution in [1.29, 1.82) is 0 Å². The van der Waals surface area contributed by atoms with Gasteiger partial charge in [0.15, 0.2) is 0 Å². The van der Waals surface area contributed by atoms with Crippen LogP contribution in [0.5, 0.6) is 0 Å². The van der Waals surface area contributed by atoms with E-state index in [1.54, 1.807) is 24.5 Å². The summed E-state index contributed by atoms with van der Waals surface area (Å²) >= 11 is 0. The van der Waals surface area contributed by atoms with E-state index in [2.05, 4.69) is 25.4 Å². The third-order valence-corrected chi connectivity index (χ3v) is 5.04. The van der Waals surface area contributed by atoms with Gasteiger partial charge in [-0.1, -0.05) is 20.8 Å². The van der Waals surface area contributed by atoms with Crippen molar-refractivity contribution in [3.05, 3.63) is 63.5 Å². The maximum Gasteiger partial charge on any atom is 0.256 e. The van der Waals surface area contributed by atoms with Gasteiger partial charge >= 0.3 is 0 Å². The zero-order chi connectivity index (χ0) is 20.6. The van der Waals surface area contributed by atoms with E-state index in [4.69, 9.17) is 0 Å². The lowest BCUT2D eigenvalue weighted by Gasteiger charge is -2.16. The summed E-state index contributed by atoms with van der Waals surface area (Å²) in [6, 6.07) is 5.10. The largest absolute Gasteiger partial charge is 0.306 e. The quantitative estimate of drug-likeness (QED) is 0.713. The van der Waals surface area contributed by atoms with Gasteiger partial charge in [-0.2, -0.15) is 9.78 Å². The summed E-state index contributed by atoms with van der Waals surface area (Å²) in [7, 11) is 0. The number of carbonyl (C=O) groups excluding carboxylic acids is 1. The molecule has 0 fully saturated rings. The Hall–Kier alpha value is -3.29. The van der Waals surface area contributed by atoms with E-state index in [1.165, 1.54) is 4.68 Å². The van der Waals surface area contributed by atoms with E-state index in [9.17, 15) is 9.59 Å². The van der Waals surface area contributed by atoms with Crippen LogP contribution >= 0.6 is 0 Å². The lowest BCUT2D eigenvalue weighted by molar-refractivity contribution is 0.102. The van der Waals surface area contributed by atoms with Crippen LogP contribution < -0.4 is 10.9 Å². The fraction of sp³-hybridized carbons (Fsp3) is 0.381. The molecule has 0 saturated heterocycles. The SMILES string of the molecule is CC(C)(C)c1cc(NC(=O)c2ccncc2)n(-c2nc3c(c(=O)[nH]2)CCCC3)n1. The minimum atomic E-state index is -0.283. The van der Waals surface area contributed by atoms with Crippen LogP contribution in [-0.2, 0) is 18.3 Å². The van der Waals surface area contributed by atoms with Crippen molar-refractivity contribution in [3.63, 3.8) is 0 Å². The van der Waals surface area contributed by atoms with Crippen LogP contribution in [0.1, 0.15) is 60.9 Å². The molecule has 3 heterocycles. The molecule has 1 aliphatic carbocycles. The van der Waals surface area contributed by atoms with E-state index in [1.807, 2.05) is 26.8 Å². The lowest BCUT2D eigenvalue weighted by atomic mass is 9.92. The minimum Gasteiger partial charge on any atom is -0.306 e. The second kappa shape index (κ2) is 7.27. The number of pyridine rings is 1. The smallest absolute Gasteiger partial charge is 0.256 e. The van der Waals surface area contributed by atoms with Crippen LogP contribution in [0.4, 0.5) is 5.82 Å². The number of nitrogens with zero attached hydrogens (tertiary/aromatic N) is 4. The average Bonchev–Trinajstić information content (AvgIpc) is 3.13. The molecular weight excluding hydrogens is 368 g/mol. The Morgan fingerprint density at radius 3 is 2.62 bits per heavy atom. The van der Waals surface area contributed by atoms with Gasteiger partial charge in [-0.15, -0.1) is 0 Å². The molecule has 29 heavy (non-hydrogen) atoms. The molecule has 1 aliphatic rings. The average molecular weight is 392 g/mol. The number of hydrogen-bond donors (Lipinski definition) is 2. The number of H-pyrrole nitrogens is 1. The summed E-state index contributed by atoms with van der Waals surface area (Å²) in [4.78, 5) is 36.7. The van der Waals surface area contributed by atoms with Crippen molar-refractivity contribution in [3.8, 4) is 5.95 Å². The van der Waals surface area contributed by atoms with Crippen molar-refractivity contribution in [2.45, 2.75) is 51.9 Å². The Morgan fingerprint density at radius 1 is 1.17 bits per heavy atom. The lowest BCUT2D eigenvalue weighted by Crippen LogP contribution is -2.25. The molecule has 0 aromatic carbocycles. The first kappa shape index (κ1) is 19.0. The molecule has 0 bridgehead atoms. The molecule has 2 N–H and O–H groups in total. The van der Waals surface area contributed by atoms with Crippen molar-refractivity contribution < 1.29 is 4.79 Å². The predicted molar refractivity (Wildman–Crippen MR) is 110 cm³/mol. The monoisotopic (exact) mass is 392 g/mol. The van der Waals surface area contributed by atoms with Gasteiger partial charge in [-0.3, -0.25) is 19.6 Å². The van der Waals surface area contributed by atoms with Gasteiger partial charge in [-0.05, 0) is 37.8 Å². The van der Waals surface area contributed by atoms with Gasteiger partial charge < -0.3 is 5.32 Å². The molecule has 0 spiro atoms. The zero-order valence-electron chi connectivity index (χ0n) is 16.8. The van der Waals surface area contributed by atoms with Crippen molar-refractivity contribution in [2.24, 2.45) is 0 Å². The molecule has 8 heteroatoms. The maximum atomic E-state index is 12.7.